The van der Waals surface area contributed by atoms with Gasteiger partial charge in [0.15, 0.2) is 11.7 Å². The SMILES string of the molecule is Cc1c(-c2ccccc2)nc(-c2cccc(-c3cccc(C4=NC(c5cccc(-c6ccccc6)c5)NC(c5ccccc5)=N4)c3)c2)nc1-c1cccc(-c2ccccc2)c1. The van der Waals surface area contributed by atoms with Gasteiger partial charge in [-0.2, -0.15) is 0 Å². The van der Waals surface area contributed by atoms with E-state index < -0.39 is 0 Å². The van der Waals surface area contributed by atoms with Crippen LogP contribution in [0, 0.1) is 6.92 Å². The second kappa shape index (κ2) is 16.7. The molecule has 10 rings (SSSR count). The van der Waals surface area contributed by atoms with E-state index in [9.17, 15) is 0 Å². The molecule has 8 aromatic carbocycles. The quantitative estimate of drug-likeness (QED) is 0.159. The first-order chi connectivity index (χ1) is 30.1. The lowest BCUT2D eigenvalue weighted by Gasteiger charge is -2.24. The lowest BCUT2D eigenvalue weighted by Crippen LogP contribution is -2.33. The van der Waals surface area contributed by atoms with Crippen LogP contribution in [0.2, 0.25) is 0 Å². The molecule has 1 atom stereocenters. The lowest BCUT2D eigenvalue weighted by atomic mass is 9.97. The minimum absolute atomic E-state index is 0.335. The lowest BCUT2D eigenvalue weighted by molar-refractivity contribution is 0.674. The van der Waals surface area contributed by atoms with Crippen molar-refractivity contribution in [1.82, 2.24) is 15.3 Å². The molecule has 0 amide bonds. The number of nitrogens with one attached hydrogen (secondary N) is 1. The summed E-state index contributed by atoms with van der Waals surface area (Å²) in [6, 6.07) is 75.8. The van der Waals surface area contributed by atoms with Crippen LogP contribution in [0.3, 0.4) is 0 Å². The Bertz CT molecular complexity index is 3050. The molecule has 290 valence electrons. The molecule has 1 aliphatic heterocycles. The van der Waals surface area contributed by atoms with E-state index in [4.69, 9.17) is 20.0 Å². The first kappa shape index (κ1) is 37.3. The van der Waals surface area contributed by atoms with Crippen molar-refractivity contribution < 1.29 is 0 Å². The van der Waals surface area contributed by atoms with E-state index in [1.54, 1.807) is 0 Å². The Hall–Kier alpha value is -8.02. The maximum absolute atomic E-state index is 5.30. The van der Waals surface area contributed by atoms with Gasteiger partial charge in [-0.15, -0.1) is 0 Å². The van der Waals surface area contributed by atoms with Gasteiger partial charge in [-0.05, 0) is 70.1 Å². The summed E-state index contributed by atoms with van der Waals surface area (Å²) in [6.45, 7) is 2.12. The standard InChI is InChI=1S/C56H41N5/c1-38-51(41-22-10-4-11-23-41)57-54(58-52(38)47-30-14-26-43(34-47)39-18-6-2-7-19-39)48-31-16-28-45(36-48)46-29-17-33-50(37-46)56-60-53(42-24-12-5-13-25-42)59-55(61-56)49-32-15-27-44(35-49)40-20-8-3-9-21-40/h2-37,55H,1H3,(H,59,60,61). The molecule has 5 heteroatoms. The van der Waals surface area contributed by atoms with Gasteiger partial charge in [0.05, 0.1) is 11.4 Å². The molecule has 0 aliphatic carbocycles. The van der Waals surface area contributed by atoms with Gasteiger partial charge >= 0.3 is 0 Å². The maximum atomic E-state index is 5.30. The average Bonchev–Trinajstić information content (AvgIpc) is 3.35. The molecule has 0 fully saturated rings. The van der Waals surface area contributed by atoms with Crippen LogP contribution < -0.4 is 5.32 Å². The van der Waals surface area contributed by atoms with Crippen molar-refractivity contribution in [2.75, 3.05) is 0 Å². The molecule has 1 aromatic heterocycles. The highest BCUT2D eigenvalue weighted by Crippen LogP contribution is 2.35. The monoisotopic (exact) mass is 783 g/mol. The third-order valence-electron chi connectivity index (χ3n) is 11.1. The number of benzene rings is 8. The summed E-state index contributed by atoms with van der Waals surface area (Å²) in [5, 5.41) is 3.63. The molecule has 0 spiro atoms. The maximum Gasteiger partial charge on any atom is 0.160 e. The molecule has 1 aliphatic rings. The van der Waals surface area contributed by atoms with E-state index in [2.05, 4.69) is 194 Å². The molecular weight excluding hydrogens is 743 g/mol. The topological polar surface area (TPSA) is 62.5 Å². The highest BCUT2D eigenvalue weighted by Gasteiger charge is 2.22. The van der Waals surface area contributed by atoms with Crippen LogP contribution in [0.25, 0.3) is 67.3 Å². The normalized spacial score (nSPS) is 13.5. The van der Waals surface area contributed by atoms with Crippen LogP contribution >= 0.6 is 0 Å². The third kappa shape index (κ3) is 7.93. The average molecular weight is 784 g/mol. The Morgan fingerprint density at radius 3 is 1.38 bits per heavy atom. The Labute approximate surface area is 356 Å². The molecule has 5 nitrogen and oxygen atoms in total. The Kier molecular flexibility index (Phi) is 10.2. The van der Waals surface area contributed by atoms with Crippen molar-refractivity contribution in [3.63, 3.8) is 0 Å². The molecule has 1 unspecified atom stereocenters. The molecule has 9 aromatic rings. The summed E-state index contributed by atoms with van der Waals surface area (Å²) in [5.74, 6) is 2.12. The van der Waals surface area contributed by atoms with Gasteiger partial charge in [0.25, 0.3) is 0 Å². The van der Waals surface area contributed by atoms with E-state index in [1.807, 2.05) is 36.4 Å². The Morgan fingerprint density at radius 2 is 0.770 bits per heavy atom. The predicted octanol–water partition coefficient (Wildman–Crippen LogP) is 13.3. The fourth-order valence-electron chi connectivity index (χ4n) is 7.97. The van der Waals surface area contributed by atoms with E-state index in [0.29, 0.717) is 11.7 Å². The van der Waals surface area contributed by atoms with Gasteiger partial charge in [-0.1, -0.05) is 194 Å². The number of nitrogens with zero attached hydrogens (tertiary/aromatic N) is 4. The fourth-order valence-corrected chi connectivity index (χ4v) is 7.97. The third-order valence-corrected chi connectivity index (χ3v) is 11.1. The number of amidine groups is 2. The fraction of sp³-hybridized carbons (Fsp3) is 0.0357. The Balaban J connectivity index is 1.04. The molecule has 0 radical (unpaired) electrons. The van der Waals surface area contributed by atoms with E-state index in [0.717, 1.165) is 84.0 Å². The van der Waals surface area contributed by atoms with Gasteiger partial charge in [0.1, 0.15) is 12.0 Å². The zero-order valence-electron chi connectivity index (χ0n) is 33.7. The van der Waals surface area contributed by atoms with Gasteiger partial charge in [-0.3, -0.25) is 0 Å². The highest BCUT2D eigenvalue weighted by atomic mass is 15.2. The summed E-state index contributed by atoms with van der Waals surface area (Å²) in [6.07, 6.45) is -0.335. The van der Waals surface area contributed by atoms with Crippen molar-refractivity contribution in [3.05, 3.63) is 241 Å². The number of rotatable bonds is 9. The summed E-state index contributed by atoms with van der Waals surface area (Å²) >= 11 is 0. The number of hydrogen-bond donors (Lipinski definition) is 1. The number of aromatic nitrogens is 2. The molecular formula is C56H41N5. The van der Waals surface area contributed by atoms with Crippen molar-refractivity contribution in [3.8, 4) is 67.3 Å². The molecule has 61 heavy (non-hydrogen) atoms. The second-order valence-corrected chi connectivity index (χ2v) is 15.2. The first-order valence-electron chi connectivity index (χ1n) is 20.6. The number of hydrogen-bond acceptors (Lipinski definition) is 5. The summed E-state index contributed by atoms with van der Waals surface area (Å²) in [7, 11) is 0. The second-order valence-electron chi connectivity index (χ2n) is 15.2. The summed E-state index contributed by atoms with van der Waals surface area (Å²) < 4.78 is 0. The smallest absolute Gasteiger partial charge is 0.160 e. The van der Waals surface area contributed by atoms with E-state index in [-0.39, 0.29) is 6.17 Å². The minimum atomic E-state index is -0.335. The van der Waals surface area contributed by atoms with Crippen LogP contribution in [0.5, 0.6) is 0 Å². The van der Waals surface area contributed by atoms with Gasteiger partial charge in [0.2, 0.25) is 0 Å². The summed E-state index contributed by atoms with van der Waals surface area (Å²) in [5.41, 5.74) is 15.6. The molecule has 0 bridgehead atoms. The van der Waals surface area contributed by atoms with Gasteiger partial charge < -0.3 is 5.32 Å². The van der Waals surface area contributed by atoms with Crippen LogP contribution in [0.15, 0.2) is 228 Å². The van der Waals surface area contributed by atoms with Gasteiger partial charge in [-0.25, -0.2) is 20.0 Å². The van der Waals surface area contributed by atoms with Crippen LogP contribution in [0.1, 0.15) is 28.4 Å². The van der Waals surface area contributed by atoms with E-state index in [1.165, 1.54) is 5.56 Å². The highest BCUT2D eigenvalue weighted by molar-refractivity contribution is 6.13. The van der Waals surface area contributed by atoms with Crippen LogP contribution in [-0.4, -0.2) is 21.6 Å². The minimum Gasteiger partial charge on any atom is -0.344 e. The van der Waals surface area contributed by atoms with E-state index >= 15 is 0 Å². The van der Waals surface area contributed by atoms with Crippen molar-refractivity contribution in [1.29, 1.82) is 0 Å². The van der Waals surface area contributed by atoms with Gasteiger partial charge in [0, 0.05) is 33.4 Å². The largest absolute Gasteiger partial charge is 0.344 e. The van der Waals surface area contributed by atoms with Crippen molar-refractivity contribution in [2.45, 2.75) is 13.1 Å². The Morgan fingerprint density at radius 1 is 0.361 bits per heavy atom. The van der Waals surface area contributed by atoms with Crippen molar-refractivity contribution in [2.24, 2.45) is 9.98 Å². The first-order valence-corrected chi connectivity index (χ1v) is 20.6. The molecule has 0 saturated carbocycles. The predicted molar refractivity (Wildman–Crippen MR) is 251 cm³/mol. The zero-order chi connectivity index (χ0) is 41.0. The summed E-state index contributed by atoms with van der Waals surface area (Å²) in [4.78, 5) is 20.9. The zero-order valence-corrected chi connectivity index (χ0v) is 33.7. The molecule has 2 heterocycles. The van der Waals surface area contributed by atoms with Crippen LogP contribution in [0.4, 0.5) is 0 Å². The van der Waals surface area contributed by atoms with Crippen LogP contribution in [-0.2, 0) is 0 Å². The number of aliphatic imine (C=N–C) groups is 2. The molecule has 1 N–H and O–H groups in total. The molecule has 0 saturated heterocycles. The van der Waals surface area contributed by atoms with Crippen molar-refractivity contribution >= 4 is 11.7 Å².